The lowest BCUT2D eigenvalue weighted by Crippen LogP contribution is -2.16. The number of H-pyrrole nitrogens is 1. The highest BCUT2D eigenvalue weighted by Gasteiger charge is 2.22. The van der Waals surface area contributed by atoms with Crippen molar-refractivity contribution in [3.05, 3.63) is 96.4 Å². The molecule has 7 nitrogen and oxygen atoms in total. The van der Waals surface area contributed by atoms with Crippen LogP contribution in [-0.4, -0.2) is 38.1 Å². The first-order valence-corrected chi connectivity index (χ1v) is 14.4. The van der Waals surface area contributed by atoms with Crippen LogP contribution in [0.2, 0.25) is 0 Å². The minimum Gasteiger partial charge on any atom is -0.469 e. The maximum Gasteiger partial charge on any atom is 0.244 e. The summed E-state index contributed by atoms with van der Waals surface area (Å²) in [6.07, 6.45) is 15.4. The molecule has 2 heterocycles. The minimum absolute atomic E-state index is 0.0333. The number of aromatic nitrogens is 4. The molecule has 2 aromatic heterocycles. The van der Waals surface area contributed by atoms with Gasteiger partial charge in [-0.1, -0.05) is 72.8 Å². The van der Waals surface area contributed by atoms with E-state index in [1.165, 1.54) is 18.0 Å². The number of benzene rings is 2. The van der Waals surface area contributed by atoms with E-state index < -0.39 is 0 Å². The second kappa shape index (κ2) is 13.3. The van der Waals surface area contributed by atoms with Crippen LogP contribution in [0.1, 0.15) is 61.6 Å². The summed E-state index contributed by atoms with van der Waals surface area (Å²) >= 11 is 0. The molecule has 212 valence electrons. The first-order valence-electron chi connectivity index (χ1n) is 14.4. The molecule has 0 fully saturated rings. The molecule has 0 radical (unpaired) electrons. The molecule has 41 heavy (non-hydrogen) atoms. The molecular formula is C34H38N4O3. The van der Waals surface area contributed by atoms with Gasteiger partial charge in [0.25, 0.3) is 0 Å². The summed E-state index contributed by atoms with van der Waals surface area (Å²) in [6, 6.07) is 20.2. The minimum atomic E-state index is -0.108. The number of carbonyl (C=O) groups is 1. The van der Waals surface area contributed by atoms with Gasteiger partial charge in [0.05, 0.1) is 16.8 Å². The van der Waals surface area contributed by atoms with Crippen molar-refractivity contribution in [2.75, 3.05) is 0 Å². The predicted octanol–water partition coefficient (Wildman–Crippen LogP) is 7.88. The molecular weight excluding hydrogens is 512 g/mol. The van der Waals surface area contributed by atoms with E-state index in [1.807, 2.05) is 62.4 Å². The number of allylic oxidation sites excluding steroid dienone is 2. The Morgan fingerprint density at radius 3 is 1.85 bits per heavy atom. The van der Waals surface area contributed by atoms with Crippen LogP contribution in [0, 0.1) is 13.8 Å². The van der Waals surface area contributed by atoms with Gasteiger partial charge in [0, 0.05) is 12.6 Å². The normalized spacial score (nSPS) is 17.9. The van der Waals surface area contributed by atoms with E-state index in [2.05, 4.69) is 51.7 Å². The average Bonchev–Trinajstić information content (AvgIpc) is 3.53. The van der Waals surface area contributed by atoms with Crippen LogP contribution in [0.4, 0.5) is 0 Å². The monoisotopic (exact) mass is 550 g/mol. The molecule has 2 aliphatic rings. The van der Waals surface area contributed by atoms with E-state index in [0.29, 0.717) is 11.8 Å². The molecule has 0 saturated heterocycles. The maximum absolute atomic E-state index is 11.8. The number of hydrogen-bond acceptors (Lipinski definition) is 5. The third-order valence-corrected chi connectivity index (χ3v) is 7.37. The Labute approximate surface area is 241 Å². The number of rotatable bonds is 6. The predicted molar refractivity (Wildman–Crippen MR) is 162 cm³/mol. The Morgan fingerprint density at radius 2 is 1.34 bits per heavy atom. The third-order valence-electron chi connectivity index (χ3n) is 7.37. The van der Waals surface area contributed by atoms with Crippen LogP contribution < -0.4 is 9.47 Å². The Hall–Kier alpha value is -4.39. The molecule has 0 amide bonds. The van der Waals surface area contributed by atoms with E-state index in [4.69, 9.17) is 9.47 Å². The molecule has 6 rings (SSSR count). The lowest BCUT2D eigenvalue weighted by molar-refractivity contribution is 0.0915. The molecule has 2 aromatic carbocycles. The quantitative estimate of drug-likeness (QED) is 0.247. The van der Waals surface area contributed by atoms with E-state index in [-0.39, 0.29) is 18.1 Å². The number of nitrogens with zero attached hydrogens (tertiary/aromatic N) is 3. The summed E-state index contributed by atoms with van der Waals surface area (Å²) in [6.45, 7) is 5.44. The summed E-state index contributed by atoms with van der Waals surface area (Å²) in [7, 11) is 0. The second-order valence-corrected chi connectivity index (χ2v) is 10.5. The highest BCUT2D eigenvalue weighted by Crippen LogP contribution is 2.34. The highest BCUT2D eigenvalue weighted by molar-refractivity contribution is 5.81. The molecule has 0 saturated carbocycles. The zero-order chi connectivity index (χ0) is 28.6. The van der Waals surface area contributed by atoms with Crippen LogP contribution in [-0.2, 0) is 0 Å². The Kier molecular flexibility index (Phi) is 9.14. The third kappa shape index (κ3) is 6.85. The van der Waals surface area contributed by atoms with Gasteiger partial charge in [-0.2, -0.15) is 0 Å². The standard InChI is InChI=1S/C18H20N2O2.C16H18N2O/c1-13-17(15-9-5-3-6-10-15)18(19-20(13)14(2)21)22-16-11-7-4-8-12-16;1-12-15(13-8-4-2-5-9-13)16(18-17-12)19-14-10-6-3-7-11-14/h3,5-7,9-11,16H,4,8,12H2,1-2H3;2,4-6,8-10,14H,3,7,11H2,1H3,(H,17,18). The summed E-state index contributed by atoms with van der Waals surface area (Å²) < 4.78 is 13.5. The Bertz CT molecular complexity index is 1500. The van der Waals surface area contributed by atoms with Crippen molar-refractivity contribution in [2.45, 2.75) is 71.5 Å². The highest BCUT2D eigenvalue weighted by atomic mass is 16.5. The number of ether oxygens (including phenoxy) is 2. The molecule has 4 aromatic rings. The smallest absolute Gasteiger partial charge is 0.244 e. The van der Waals surface area contributed by atoms with E-state index >= 15 is 0 Å². The van der Waals surface area contributed by atoms with Gasteiger partial charge in [0.15, 0.2) is 0 Å². The number of aryl methyl sites for hydroxylation is 1. The fourth-order valence-corrected chi connectivity index (χ4v) is 5.29. The van der Waals surface area contributed by atoms with Crippen LogP contribution in [0.5, 0.6) is 11.8 Å². The maximum atomic E-state index is 11.8. The first kappa shape index (κ1) is 28.1. The molecule has 0 spiro atoms. The average molecular weight is 551 g/mol. The van der Waals surface area contributed by atoms with Gasteiger partial charge in [-0.3, -0.25) is 9.89 Å². The molecule has 7 heteroatoms. The van der Waals surface area contributed by atoms with Gasteiger partial charge in [-0.05, 0) is 75.7 Å². The van der Waals surface area contributed by atoms with Crippen molar-refractivity contribution >= 4 is 5.91 Å². The molecule has 0 bridgehead atoms. The number of aromatic amines is 1. The SMILES string of the molecule is CC(=O)n1nc(OC2C=CCCC2)c(-c2ccccc2)c1C.Cc1[nH]nc(OC2C=CCCC2)c1-c1ccccc1. The number of nitrogens with one attached hydrogen (secondary N) is 1. The van der Waals surface area contributed by atoms with Crippen molar-refractivity contribution in [3.8, 4) is 34.0 Å². The van der Waals surface area contributed by atoms with Crippen LogP contribution >= 0.6 is 0 Å². The van der Waals surface area contributed by atoms with Crippen LogP contribution in [0.3, 0.4) is 0 Å². The zero-order valence-electron chi connectivity index (χ0n) is 24.0. The molecule has 1 N–H and O–H groups in total. The lowest BCUT2D eigenvalue weighted by Gasteiger charge is -2.17. The van der Waals surface area contributed by atoms with Crippen molar-refractivity contribution in [2.24, 2.45) is 0 Å². The largest absolute Gasteiger partial charge is 0.469 e. The van der Waals surface area contributed by atoms with Crippen LogP contribution in [0.15, 0.2) is 85.0 Å². The van der Waals surface area contributed by atoms with Gasteiger partial charge >= 0.3 is 0 Å². The first-order chi connectivity index (χ1) is 20.0. The van der Waals surface area contributed by atoms with E-state index in [1.54, 1.807) is 0 Å². The summed E-state index contributed by atoms with van der Waals surface area (Å²) in [5, 5.41) is 11.7. The fourth-order valence-electron chi connectivity index (χ4n) is 5.29. The zero-order valence-corrected chi connectivity index (χ0v) is 24.0. The van der Waals surface area contributed by atoms with Crippen molar-refractivity contribution in [1.29, 1.82) is 0 Å². The Balaban J connectivity index is 0.000000166. The summed E-state index contributed by atoms with van der Waals surface area (Å²) in [5.74, 6) is 1.14. The fraction of sp³-hybridized carbons (Fsp3) is 0.324. The van der Waals surface area contributed by atoms with Gasteiger partial charge in [-0.15, -0.1) is 10.2 Å². The van der Waals surface area contributed by atoms with Crippen LogP contribution in [0.25, 0.3) is 22.3 Å². The van der Waals surface area contributed by atoms with Gasteiger partial charge in [-0.25, -0.2) is 4.68 Å². The van der Waals surface area contributed by atoms with Gasteiger partial charge < -0.3 is 9.47 Å². The van der Waals surface area contributed by atoms with Crippen molar-refractivity contribution < 1.29 is 14.3 Å². The summed E-state index contributed by atoms with van der Waals surface area (Å²) in [5.41, 5.74) is 5.98. The molecule has 0 aliphatic heterocycles. The molecule has 2 atom stereocenters. The molecule has 2 unspecified atom stereocenters. The lowest BCUT2D eigenvalue weighted by atomic mass is 10.0. The van der Waals surface area contributed by atoms with Crippen molar-refractivity contribution in [1.82, 2.24) is 20.0 Å². The molecule has 2 aliphatic carbocycles. The van der Waals surface area contributed by atoms with E-state index in [0.717, 1.165) is 65.7 Å². The van der Waals surface area contributed by atoms with Crippen molar-refractivity contribution in [3.63, 3.8) is 0 Å². The number of hydrogen-bond donors (Lipinski definition) is 1. The van der Waals surface area contributed by atoms with E-state index in [9.17, 15) is 4.79 Å². The number of carbonyl (C=O) groups excluding carboxylic acids is 1. The summed E-state index contributed by atoms with van der Waals surface area (Å²) in [4.78, 5) is 11.8. The second-order valence-electron chi connectivity index (χ2n) is 10.5. The topological polar surface area (TPSA) is 82.0 Å². The Morgan fingerprint density at radius 1 is 0.805 bits per heavy atom. The van der Waals surface area contributed by atoms with Gasteiger partial charge in [0.2, 0.25) is 17.7 Å². The van der Waals surface area contributed by atoms with Gasteiger partial charge in [0.1, 0.15) is 12.2 Å².